The van der Waals surface area contributed by atoms with Gasteiger partial charge in [0.15, 0.2) is 6.61 Å². The molecule has 1 atom stereocenters. The highest BCUT2D eigenvalue weighted by atomic mass is 16.5. The summed E-state index contributed by atoms with van der Waals surface area (Å²) in [6.45, 7) is 4.87. The van der Waals surface area contributed by atoms with Gasteiger partial charge in [-0.25, -0.2) is 0 Å². The first-order valence-electron chi connectivity index (χ1n) is 6.40. The van der Waals surface area contributed by atoms with Crippen molar-refractivity contribution in [2.24, 2.45) is 0 Å². The Morgan fingerprint density at radius 1 is 1.53 bits per heavy atom. The molecule has 0 saturated heterocycles. The molecule has 1 unspecified atom stereocenters. The Kier molecular flexibility index (Phi) is 4.43. The SMILES string of the molecule is CC#CCCNC(C)c1ccc2c(c1)NC(=O)CO2. The van der Waals surface area contributed by atoms with E-state index in [4.69, 9.17) is 4.74 Å². The van der Waals surface area contributed by atoms with E-state index in [1.165, 1.54) is 0 Å². The highest BCUT2D eigenvalue weighted by Crippen LogP contribution is 2.30. The van der Waals surface area contributed by atoms with Crippen molar-refractivity contribution in [3.8, 4) is 17.6 Å². The van der Waals surface area contributed by atoms with Crippen LogP contribution < -0.4 is 15.4 Å². The van der Waals surface area contributed by atoms with Crippen molar-refractivity contribution in [2.75, 3.05) is 18.5 Å². The van der Waals surface area contributed by atoms with Crippen LogP contribution in [0.5, 0.6) is 5.75 Å². The first-order chi connectivity index (χ1) is 9.20. The molecule has 4 heteroatoms. The Hall–Kier alpha value is -1.99. The number of carbonyl (C=O) groups excluding carboxylic acids is 1. The van der Waals surface area contributed by atoms with Gasteiger partial charge in [0.1, 0.15) is 5.75 Å². The third-order valence-electron chi connectivity index (χ3n) is 3.01. The monoisotopic (exact) mass is 258 g/mol. The Labute approximate surface area is 113 Å². The maximum atomic E-state index is 11.3. The number of carbonyl (C=O) groups is 1. The zero-order valence-electron chi connectivity index (χ0n) is 11.2. The highest BCUT2D eigenvalue weighted by molar-refractivity contribution is 5.95. The predicted molar refractivity (Wildman–Crippen MR) is 75.1 cm³/mol. The minimum Gasteiger partial charge on any atom is -0.482 e. The largest absolute Gasteiger partial charge is 0.482 e. The summed E-state index contributed by atoms with van der Waals surface area (Å²) < 4.78 is 5.33. The number of fused-ring (bicyclic) bond motifs is 1. The smallest absolute Gasteiger partial charge is 0.262 e. The van der Waals surface area contributed by atoms with Gasteiger partial charge < -0.3 is 15.4 Å². The van der Waals surface area contributed by atoms with Gasteiger partial charge in [-0.05, 0) is 31.5 Å². The molecule has 2 N–H and O–H groups in total. The van der Waals surface area contributed by atoms with Gasteiger partial charge in [0.25, 0.3) is 5.91 Å². The molecule has 19 heavy (non-hydrogen) atoms. The van der Waals surface area contributed by atoms with Gasteiger partial charge >= 0.3 is 0 Å². The molecule has 1 aliphatic heterocycles. The normalized spacial score (nSPS) is 14.5. The van der Waals surface area contributed by atoms with Gasteiger partial charge in [0.05, 0.1) is 5.69 Å². The third-order valence-corrected chi connectivity index (χ3v) is 3.01. The Bertz CT molecular complexity index is 529. The standard InChI is InChI=1S/C15H18N2O2/c1-3-4-5-8-16-11(2)12-6-7-14-13(9-12)17-15(18)10-19-14/h6-7,9,11,16H,5,8,10H2,1-2H3,(H,17,18). The second-order valence-corrected chi connectivity index (χ2v) is 4.45. The number of anilines is 1. The number of ether oxygens (including phenoxy) is 1. The van der Waals surface area contributed by atoms with Crippen molar-refractivity contribution >= 4 is 11.6 Å². The predicted octanol–water partition coefficient (Wildman–Crippen LogP) is 2.08. The lowest BCUT2D eigenvalue weighted by Gasteiger charge is -2.20. The van der Waals surface area contributed by atoms with Crippen LogP contribution in [-0.2, 0) is 4.79 Å². The molecule has 1 aromatic rings. The molecule has 1 aromatic carbocycles. The van der Waals surface area contributed by atoms with Crippen molar-refractivity contribution < 1.29 is 9.53 Å². The minimum absolute atomic E-state index is 0.0931. The van der Waals surface area contributed by atoms with Crippen LogP contribution in [0.2, 0.25) is 0 Å². The fourth-order valence-corrected chi connectivity index (χ4v) is 1.96. The number of hydrogen-bond acceptors (Lipinski definition) is 3. The van der Waals surface area contributed by atoms with Crippen LogP contribution >= 0.6 is 0 Å². The van der Waals surface area contributed by atoms with Crippen molar-refractivity contribution in [1.29, 1.82) is 0 Å². The van der Waals surface area contributed by atoms with Crippen molar-refractivity contribution in [3.05, 3.63) is 23.8 Å². The molecule has 0 radical (unpaired) electrons. The van der Waals surface area contributed by atoms with Crippen LogP contribution in [0.4, 0.5) is 5.69 Å². The summed E-state index contributed by atoms with van der Waals surface area (Å²) in [5.41, 5.74) is 1.87. The Morgan fingerprint density at radius 2 is 2.37 bits per heavy atom. The topological polar surface area (TPSA) is 50.4 Å². The lowest BCUT2D eigenvalue weighted by molar-refractivity contribution is -0.118. The van der Waals surface area contributed by atoms with Gasteiger partial charge in [-0.1, -0.05) is 6.07 Å². The summed E-state index contributed by atoms with van der Waals surface area (Å²) in [5.74, 6) is 6.52. The molecule has 0 saturated carbocycles. The lowest BCUT2D eigenvalue weighted by atomic mass is 10.1. The maximum absolute atomic E-state index is 11.3. The molecule has 1 amide bonds. The Balaban J connectivity index is 2.01. The van der Waals surface area contributed by atoms with Gasteiger partial charge in [-0.3, -0.25) is 4.79 Å². The first-order valence-corrected chi connectivity index (χ1v) is 6.40. The molecule has 2 rings (SSSR count). The molecular weight excluding hydrogens is 240 g/mol. The molecule has 1 heterocycles. The van der Waals surface area contributed by atoms with E-state index in [9.17, 15) is 4.79 Å². The lowest BCUT2D eigenvalue weighted by Crippen LogP contribution is -2.26. The molecule has 0 aliphatic carbocycles. The van der Waals surface area contributed by atoms with Crippen LogP contribution in [0.25, 0.3) is 0 Å². The second kappa shape index (κ2) is 6.26. The van der Waals surface area contributed by atoms with Gasteiger partial charge in [-0.2, -0.15) is 0 Å². The molecule has 0 fully saturated rings. The van der Waals surface area contributed by atoms with Crippen molar-refractivity contribution in [1.82, 2.24) is 5.32 Å². The van der Waals surface area contributed by atoms with E-state index in [2.05, 4.69) is 29.4 Å². The van der Waals surface area contributed by atoms with Crippen LogP contribution in [-0.4, -0.2) is 19.1 Å². The Morgan fingerprint density at radius 3 is 3.16 bits per heavy atom. The average Bonchev–Trinajstić information content (AvgIpc) is 2.42. The van der Waals surface area contributed by atoms with Gasteiger partial charge in [0.2, 0.25) is 0 Å². The zero-order valence-corrected chi connectivity index (χ0v) is 11.2. The molecule has 0 bridgehead atoms. The van der Waals surface area contributed by atoms with E-state index in [0.717, 1.165) is 30.0 Å². The second-order valence-electron chi connectivity index (χ2n) is 4.45. The van der Waals surface area contributed by atoms with E-state index in [1.54, 1.807) is 0 Å². The molecular formula is C15H18N2O2. The minimum atomic E-state index is -0.108. The average molecular weight is 258 g/mol. The molecule has 4 nitrogen and oxygen atoms in total. The van der Waals surface area contributed by atoms with Gasteiger partial charge in [0, 0.05) is 19.0 Å². The van der Waals surface area contributed by atoms with Crippen LogP contribution in [0.1, 0.15) is 31.9 Å². The highest BCUT2D eigenvalue weighted by Gasteiger charge is 2.17. The summed E-state index contributed by atoms with van der Waals surface area (Å²) in [6, 6.07) is 6.08. The van der Waals surface area contributed by atoms with Gasteiger partial charge in [-0.15, -0.1) is 11.8 Å². The number of hydrogen-bond donors (Lipinski definition) is 2. The van der Waals surface area contributed by atoms with E-state index >= 15 is 0 Å². The summed E-state index contributed by atoms with van der Waals surface area (Å²) in [4.78, 5) is 11.3. The van der Waals surface area contributed by atoms with E-state index in [1.807, 2.05) is 25.1 Å². The number of nitrogens with one attached hydrogen (secondary N) is 2. The third kappa shape index (κ3) is 3.49. The quantitative estimate of drug-likeness (QED) is 0.642. The number of amides is 1. The van der Waals surface area contributed by atoms with E-state index in [0.29, 0.717) is 0 Å². The number of rotatable bonds is 4. The molecule has 0 spiro atoms. The van der Waals surface area contributed by atoms with E-state index < -0.39 is 0 Å². The van der Waals surface area contributed by atoms with E-state index in [-0.39, 0.29) is 18.6 Å². The van der Waals surface area contributed by atoms with Crippen molar-refractivity contribution in [2.45, 2.75) is 26.3 Å². The number of benzene rings is 1. The van der Waals surface area contributed by atoms with Crippen LogP contribution in [0.3, 0.4) is 0 Å². The zero-order chi connectivity index (χ0) is 13.7. The summed E-state index contributed by atoms with van der Waals surface area (Å²) in [6.07, 6.45) is 0.839. The maximum Gasteiger partial charge on any atom is 0.262 e. The summed E-state index contributed by atoms with van der Waals surface area (Å²) in [5, 5.41) is 6.21. The fourth-order valence-electron chi connectivity index (χ4n) is 1.96. The molecule has 0 aromatic heterocycles. The first kappa shape index (κ1) is 13.4. The summed E-state index contributed by atoms with van der Waals surface area (Å²) in [7, 11) is 0. The van der Waals surface area contributed by atoms with Crippen LogP contribution in [0, 0.1) is 11.8 Å². The fraction of sp³-hybridized carbons (Fsp3) is 0.400. The molecule has 1 aliphatic rings. The van der Waals surface area contributed by atoms with Crippen LogP contribution in [0.15, 0.2) is 18.2 Å². The summed E-state index contributed by atoms with van der Waals surface area (Å²) >= 11 is 0. The van der Waals surface area contributed by atoms with Crippen molar-refractivity contribution in [3.63, 3.8) is 0 Å². The molecule has 100 valence electrons.